The largest absolute Gasteiger partial charge is 0.489 e. The van der Waals surface area contributed by atoms with Crippen LogP contribution in [0.3, 0.4) is 0 Å². The first-order chi connectivity index (χ1) is 8.56. The molecule has 0 aliphatic rings. The first-order valence-electron chi connectivity index (χ1n) is 5.49. The van der Waals surface area contributed by atoms with E-state index in [4.69, 9.17) is 33.7 Å². The third-order valence-corrected chi connectivity index (χ3v) is 3.18. The highest BCUT2D eigenvalue weighted by Crippen LogP contribution is 2.24. The zero-order chi connectivity index (χ0) is 13.1. The minimum absolute atomic E-state index is 0.433. The molecular weight excluding hydrogens is 269 g/mol. The molecule has 0 heterocycles. The summed E-state index contributed by atoms with van der Waals surface area (Å²) in [4.78, 5) is 0. The number of nitrogens with two attached hydrogens (primary N) is 1. The second-order valence-electron chi connectivity index (χ2n) is 4.05. The van der Waals surface area contributed by atoms with Crippen molar-refractivity contribution in [3.05, 3.63) is 57.6 Å². The maximum Gasteiger partial charge on any atom is 0.124 e. The molecule has 0 amide bonds. The topological polar surface area (TPSA) is 35.2 Å². The normalized spacial score (nSPS) is 10.4. The van der Waals surface area contributed by atoms with Crippen molar-refractivity contribution in [2.24, 2.45) is 0 Å². The fourth-order valence-electron chi connectivity index (χ4n) is 1.57. The predicted molar refractivity (Wildman–Crippen MR) is 76.4 cm³/mol. The van der Waals surface area contributed by atoms with Crippen molar-refractivity contribution >= 4 is 28.9 Å². The first kappa shape index (κ1) is 13.1. The second-order valence-corrected chi connectivity index (χ2v) is 4.90. The summed E-state index contributed by atoms with van der Waals surface area (Å²) < 4.78 is 5.72. The van der Waals surface area contributed by atoms with Crippen LogP contribution in [-0.2, 0) is 6.61 Å². The molecule has 0 atom stereocenters. The number of benzene rings is 2. The fraction of sp³-hybridized carbons (Fsp3) is 0.143. The third kappa shape index (κ3) is 3.09. The molecule has 4 heteroatoms. The lowest BCUT2D eigenvalue weighted by atomic mass is 10.2. The molecule has 0 spiro atoms. The average molecular weight is 282 g/mol. The Morgan fingerprint density at radius 1 is 1.11 bits per heavy atom. The predicted octanol–water partition coefficient (Wildman–Crippen LogP) is 4.46. The van der Waals surface area contributed by atoms with Crippen molar-refractivity contribution in [2.45, 2.75) is 13.5 Å². The van der Waals surface area contributed by atoms with Crippen LogP contribution >= 0.6 is 23.2 Å². The molecule has 0 aliphatic carbocycles. The molecule has 0 aromatic heterocycles. The van der Waals surface area contributed by atoms with Gasteiger partial charge in [-0.25, -0.2) is 0 Å². The van der Waals surface area contributed by atoms with Crippen LogP contribution in [0, 0.1) is 6.92 Å². The standard InChI is InChI=1S/C14H13Cl2NO/c1-9-2-4-11(15)7-14(9)18-8-10-3-5-12(16)13(17)6-10/h2-7H,8,17H2,1H3. The van der Waals surface area contributed by atoms with Gasteiger partial charge >= 0.3 is 0 Å². The molecule has 2 nitrogen and oxygen atoms in total. The Kier molecular flexibility index (Phi) is 4.00. The van der Waals surface area contributed by atoms with Crippen molar-refractivity contribution in [1.29, 1.82) is 0 Å². The monoisotopic (exact) mass is 281 g/mol. The summed E-state index contributed by atoms with van der Waals surface area (Å²) >= 11 is 11.8. The van der Waals surface area contributed by atoms with E-state index < -0.39 is 0 Å². The van der Waals surface area contributed by atoms with E-state index in [2.05, 4.69) is 0 Å². The molecule has 2 N–H and O–H groups in total. The van der Waals surface area contributed by atoms with Crippen LogP contribution in [0.5, 0.6) is 5.75 Å². The number of hydrogen-bond donors (Lipinski definition) is 1. The smallest absolute Gasteiger partial charge is 0.124 e. The van der Waals surface area contributed by atoms with E-state index in [1.165, 1.54) is 0 Å². The Bertz CT molecular complexity index is 570. The minimum Gasteiger partial charge on any atom is -0.489 e. The summed E-state index contributed by atoms with van der Waals surface area (Å²) in [7, 11) is 0. The zero-order valence-corrected chi connectivity index (χ0v) is 11.4. The van der Waals surface area contributed by atoms with Gasteiger partial charge in [-0.3, -0.25) is 0 Å². The molecule has 2 aromatic rings. The molecule has 0 radical (unpaired) electrons. The van der Waals surface area contributed by atoms with Gasteiger partial charge in [-0.15, -0.1) is 0 Å². The van der Waals surface area contributed by atoms with Crippen molar-refractivity contribution < 1.29 is 4.74 Å². The molecule has 0 unspecified atom stereocenters. The van der Waals surface area contributed by atoms with Crippen LogP contribution in [0.1, 0.15) is 11.1 Å². The number of hydrogen-bond acceptors (Lipinski definition) is 2. The van der Waals surface area contributed by atoms with Crippen LogP contribution < -0.4 is 10.5 Å². The van der Waals surface area contributed by atoms with Crippen LogP contribution in [0.15, 0.2) is 36.4 Å². The molecule has 0 fully saturated rings. The number of halogens is 2. The minimum atomic E-state index is 0.433. The number of anilines is 1. The van der Waals surface area contributed by atoms with Gasteiger partial charge < -0.3 is 10.5 Å². The van der Waals surface area contributed by atoms with E-state index in [1.54, 1.807) is 12.1 Å². The zero-order valence-electron chi connectivity index (χ0n) is 9.91. The summed E-state index contributed by atoms with van der Waals surface area (Å²) in [5.74, 6) is 0.774. The van der Waals surface area contributed by atoms with Crippen molar-refractivity contribution in [1.82, 2.24) is 0 Å². The molecule has 0 saturated heterocycles. The maximum absolute atomic E-state index is 5.93. The summed E-state index contributed by atoms with van der Waals surface area (Å²) in [6, 6.07) is 11.0. The highest BCUT2D eigenvalue weighted by molar-refractivity contribution is 6.33. The fourth-order valence-corrected chi connectivity index (χ4v) is 1.85. The SMILES string of the molecule is Cc1ccc(Cl)cc1OCc1ccc(Cl)c(N)c1. The molecule has 18 heavy (non-hydrogen) atoms. The Labute approximate surface area is 116 Å². The van der Waals surface area contributed by atoms with Gasteiger partial charge in [-0.05, 0) is 42.3 Å². The van der Waals surface area contributed by atoms with Gasteiger partial charge in [0.15, 0.2) is 0 Å². The number of rotatable bonds is 3. The molecular formula is C14H13Cl2NO. The summed E-state index contributed by atoms with van der Waals surface area (Å²) in [5.41, 5.74) is 8.30. The molecule has 0 aliphatic heterocycles. The lowest BCUT2D eigenvalue weighted by Crippen LogP contribution is -1.98. The van der Waals surface area contributed by atoms with Crippen LogP contribution in [-0.4, -0.2) is 0 Å². The number of aryl methyl sites for hydroxylation is 1. The van der Waals surface area contributed by atoms with Gasteiger partial charge in [0.25, 0.3) is 0 Å². The molecule has 94 valence electrons. The summed E-state index contributed by atoms with van der Waals surface area (Å²) in [5, 5.41) is 1.21. The first-order valence-corrected chi connectivity index (χ1v) is 6.24. The highest BCUT2D eigenvalue weighted by Gasteiger charge is 2.03. The van der Waals surface area contributed by atoms with Crippen LogP contribution in [0.25, 0.3) is 0 Å². The Morgan fingerprint density at radius 3 is 2.61 bits per heavy atom. The Balaban J connectivity index is 2.11. The van der Waals surface area contributed by atoms with Crippen LogP contribution in [0.4, 0.5) is 5.69 Å². The molecule has 2 aromatic carbocycles. The van der Waals surface area contributed by atoms with Gasteiger partial charge in [-0.2, -0.15) is 0 Å². The van der Waals surface area contributed by atoms with E-state index in [0.717, 1.165) is 16.9 Å². The van der Waals surface area contributed by atoms with Crippen molar-refractivity contribution in [2.75, 3.05) is 5.73 Å². The second kappa shape index (κ2) is 5.51. The summed E-state index contributed by atoms with van der Waals surface area (Å²) in [6.07, 6.45) is 0. The maximum atomic E-state index is 5.93. The molecule has 0 saturated carbocycles. The van der Waals surface area contributed by atoms with E-state index in [-0.39, 0.29) is 0 Å². The van der Waals surface area contributed by atoms with Crippen LogP contribution in [0.2, 0.25) is 10.0 Å². The highest BCUT2D eigenvalue weighted by atomic mass is 35.5. The lowest BCUT2D eigenvalue weighted by Gasteiger charge is -2.10. The molecule has 0 bridgehead atoms. The lowest BCUT2D eigenvalue weighted by molar-refractivity contribution is 0.304. The van der Waals surface area contributed by atoms with Crippen molar-refractivity contribution in [3.63, 3.8) is 0 Å². The Hall–Kier alpha value is -1.38. The van der Waals surface area contributed by atoms with E-state index in [1.807, 2.05) is 31.2 Å². The third-order valence-electron chi connectivity index (χ3n) is 2.60. The van der Waals surface area contributed by atoms with Gasteiger partial charge in [0.05, 0.1) is 10.7 Å². The quantitative estimate of drug-likeness (QED) is 0.843. The Morgan fingerprint density at radius 2 is 1.89 bits per heavy atom. The van der Waals surface area contributed by atoms with Gasteiger partial charge in [0, 0.05) is 5.02 Å². The van der Waals surface area contributed by atoms with E-state index in [0.29, 0.717) is 22.3 Å². The van der Waals surface area contributed by atoms with Gasteiger partial charge in [-0.1, -0.05) is 35.3 Å². The number of nitrogen functional groups attached to an aromatic ring is 1. The van der Waals surface area contributed by atoms with E-state index >= 15 is 0 Å². The average Bonchev–Trinajstić information content (AvgIpc) is 2.34. The number of ether oxygens (including phenoxy) is 1. The summed E-state index contributed by atoms with van der Waals surface area (Å²) in [6.45, 7) is 2.41. The van der Waals surface area contributed by atoms with Gasteiger partial charge in [0.2, 0.25) is 0 Å². The van der Waals surface area contributed by atoms with Crippen molar-refractivity contribution in [3.8, 4) is 5.75 Å². The van der Waals surface area contributed by atoms with E-state index in [9.17, 15) is 0 Å². The van der Waals surface area contributed by atoms with Gasteiger partial charge in [0.1, 0.15) is 12.4 Å². The molecule has 2 rings (SSSR count).